The molecule has 0 bridgehead atoms. The zero-order valence-corrected chi connectivity index (χ0v) is 20.0. The molecular formula is C29H23N3O5. The number of ether oxygens (including phenoxy) is 2. The zero-order chi connectivity index (χ0) is 25.8. The highest BCUT2D eigenvalue weighted by atomic mass is 16.5. The number of aromatic nitrogens is 2. The molecule has 2 amide bonds. The van der Waals surface area contributed by atoms with E-state index in [4.69, 9.17) is 14.6 Å². The summed E-state index contributed by atoms with van der Waals surface area (Å²) in [4.78, 5) is 38.4. The van der Waals surface area contributed by atoms with Crippen LogP contribution in [0.3, 0.4) is 0 Å². The number of nitrogens with zero attached hydrogens (tertiary/aromatic N) is 3. The number of hydrogen-bond acceptors (Lipinski definition) is 6. The molecule has 8 heteroatoms. The van der Waals surface area contributed by atoms with Gasteiger partial charge in [0.25, 0.3) is 11.8 Å². The highest BCUT2D eigenvalue weighted by Crippen LogP contribution is 2.27. The van der Waals surface area contributed by atoms with Crippen molar-refractivity contribution in [3.05, 3.63) is 108 Å². The Morgan fingerprint density at radius 1 is 0.892 bits per heavy atom. The minimum Gasteiger partial charge on any atom is -0.497 e. The topological polar surface area (TPSA) is 90.7 Å². The van der Waals surface area contributed by atoms with Crippen molar-refractivity contribution in [2.45, 2.75) is 0 Å². The summed E-state index contributed by atoms with van der Waals surface area (Å²) in [6, 6.07) is 23.8. The second kappa shape index (κ2) is 10.3. The molecular weight excluding hydrogens is 470 g/mol. The maximum absolute atomic E-state index is 12.5. The van der Waals surface area contributed by atoms with E-state index in [-0.39, 0.29) is 25.0 Å². The smallest absolute Gasteiger partial charge is 0.330 e. The number of carbonyl (C=O) groups is 3. The van der Waals surface area contributed by atoms with Crippen LogP contribution in [0.1, 0.15) is 26.3 Å². The summed E-state index contributed by atoms with van der Waals surface area (Å²) < 4.78 is 12.3. The third-order valence-electron chi connectivity index (χ3n) is 5.96. The summed E-state index contributed by atoms with van der Waals surface area (Å²) in [7, 11) is 1.60. The SMILES string of the molecule is COc1ccc(-c2nn(-c3ccccc3)cc2C=CC(=O)OCCN2C(=O)c3ccccc3C2=O)cc1. The third kappa shape index (κ3) is 4.90. The van der Waals surface area contributed by atoms with Crippen molar-refractivity contribution in [3.63, 3.8) is 0 Å². The van der Waals surface area contributed by atoms with Gasteiger partial charge in [-0.1, -0.05) is 30.3 Å². The first kappa shape index (κ1) is 23.7. The van der Waals surface area contributed by atoms with Crippen molar-refractivity contribution in [2.75, 3.05) is 20.3 Å². The summed E-state index contributed by atoms with van der Waals surface area (Å²) in [5.74, 6) is -0.635. The number of amides is 2. The minimum atomic E-state index is -0.593. The van der Waals surface area contributed by atoms with Gasteiger partial charge in [0.05, 0.1) is 36.2 Å². The zero-order valence-electron chi connectivity index (χ0n) is 20.0. The molecule has 8 nitrogen and oxygen atoms in total. The first-order valence-electron chi connectivity index (χ1n) is 11.6. The van der Waals surface area contributed by atoms with E-state index in [9.17, 15) is 14.4 Å². The van der Waals surface area contributed by atoms with Crippen LogP contribution in [-0.2, 0) is 9.53 Å². The first-order valence-corrected chi connectivity index (χ1v) is 11.6. The van der Waals surface area contributed by atoms with Crippen LogP contribution in [0, 0.1) is 0 Å². The summed E-state index contributed by atoms with van der Waals surface area (Å²) in [5, 5.41) is 4.73. The molecule has 1 aromatic heterocycles. The number of fused-ring (bicyclic) bond motifs is 1. The van der Waals surface area contributed by atoms with Crippen molar-refractivity contribution in [1.82, 2.24) is 14.7 Å². The molecule has 0 fully saturated rings. The van der Waals surface area contributed by atoms with Gasteiger partial charge in [-0.15, -0.1) is 0 Å². The first-order chi connectivity index (χ1) is 18.0. The largest absolute Gasteiger partial charge is 0.497 e. The van der Waals surface area contributed by atoms with Crippen LogP contribution in [0.15, 0.2) is 91.1 Å². The number of rotatable bonds is 8. The molecule has 0 aliphatic carbocycles. The maximum Gasteiger partial charge on any atom is 0.330 e. The number of para-hydroxylation sites is 1. The Kier molecular flexibility index (Phi) is 6.63. The molecule has 5 rings (SSSR count). The molecule has 1 aliphatic rings. The normalized spacial score (nSPS) is 12.7. The summed E-state index contributed by atoms with van der Waals surface area (Å²) >= 11 is 0. The molecule has 1 aliphatic heterocycles. The molecule has 0 saturated heterocycles. The fourth-order valence-electron chi connectivity index (χ4n) is 4.08. The number of imide groups is 1. The van der Waals surface area contributed by atoms with Crippen LogP contribution in [0.2, 0.25) is 0 Å². The van der Waals surface area contributed by atoms with Crippen LogP contribution in [0.25, 0.3) is 23.0 Å². The Balaban J connectivity index is 1.29. The predicted molar refractivity (Wildman–Crippen MR) is 137 cm³/mol. The van der Waals surface area contributed by atoms with E-state index in [1.807, 2.05) is 60.8 Å². The fraction of sp³-hybridized carbons (Fsp3) is 0.103. The minimum absolute atomic E-state index is 0.0189. The van der Waals surface area contributed by atoms with Crippen LogP contribution in [-0.4, -0.2) is 52.7 Å². The Morgan fingerprint density at radius 3 is 2.19 bits per heavy atom. The molecule has 184 valence electrons. The number of esters is 1. The van der Waals surface area contributed by atoms with Gasteiger partial charge in [-0.25, -0.2) is 9.48 Å². The summed E-state index contributed by atoms with van der Waals surface area (Å²) in [5.41, 5.74) is 3.85. The molecule has 0 saturated carbocycles. The second-order valence-electron chi connectivity index (χ2n) is 8.25. The van der Waals surface area contributed by atoms with E-state index < -0.39 is 5.97 Å². The highest BCUT2D eigenvalue weighted by molar-refractivity contribution is 6.21. The molecule has 4 aromatic rings. The van der Waals surface area contributed by atoms with Gasteiger partial charge >= 0.3 is 5.97 Å². The quantitative estimate of drug-likeness (QED) is 0.205. The lowest BCUT2D eigenvalue weighted by Gasteiger charge is -2.13. The van der Waals surface area contributed by atoms with E-state index in [0.717, 1.165) is 21.9 Å². The van der Waals surface area contributed by atoms with Crippen molar-refractivity contribution in [3.8, 4) is 22.7 Å². The highest BCUT2D eigenvalue weighted by Gasteiger charge is 2.34. The Morgan fingerprint density at radius 2 is 1.54 bits per heavy atom. The van der Waals surface area contributed by atoms with Gasteiger partial charge in [0.1, 0.15) is 12.4 Å². The van der Waals surface area contributed by atoms with Crippen molar-refractivity contribution in [1.29, 1.82) is 0 Å². The Labute approximate surface area is 213 Å². The van der Waals surface area contributed by atoms with Crippen LogP contribution < -0.4 is 4.74 Å². The molecule has 0 radical (unpaired) electrons. The molecule has 0 unspecified atom stereocenters. The van der Waals surface area contributed by atoms with Gasteiger partial charge in [0, 0.05) is 23.4 Å². The van der Waals surface area contributed by atoms with E-state index in [1.54, 1.807) is 42.1 Å². The molecule has 3 aromatic carbocycles. The molecule has 0 N–H and O–H groups in total. The molecule has 0 atom stereocenters. The van der Waals surface area contributed by atoms with Crippen LogP contribution in [0.4, 0.5) is 0 Å². The molecule has 37 heavy (non-hydrogen) atoms. The lowest BCUT2D eigenvalue weighted by Crippen LogP contribution is -2.33. The summed E-state index contributed by atoms with van der Waals surface area (Å²) in [6.45, 7) is -0.127. The monoisotopic (exact) mass is 493 g/mol. The standard InChI is InChI=1S/C29H23N3O5/c1-36-23-14-11-20(12-15-23)27-21(19-32(30-27)22-7-3-2-4-8-22)13-16-26(33)37-18-17-31-28(34)24-9-5-6-10-25(24)29(31)35/h2-16,19H,17-18H2,1H3. The average Bonchev–Trinajstić information content (AvgIpc) is 3.48. The van der Waals surface area contributed by atoms with Crippen LogP contribution in [0.5, 0.6) is 5.75 Å². The lowest BCUT2D eigenvalue weighted by atomic mass is 10.1. The van der Waals surface area contributed by atoms with Gasteiger partial charge in [-0.2, -0.15) is 5.10 Å². The number of hydrogen-bond donors (Lipinski definition) is 0. The molecule has 2 heterocycles. The van der Waals surface area contributed by atoms with Crippen molar-refractivity contribution >= 4 is 23.9 Å². The molecule has 0 spiro atoms. The van der Waals surface area contributed by atoms with Gasteiger partial charge < -0.3 is 9.47 Å². The lowest BCUT2D eigenvalue weighted by molar-refractivity contribution is -0.137. The van der Waals surface area contributed by atoms with Crippen LogP contribution >= 0.6 is 0 Å². The van der Waals surface area contributed by atoms with Crippen molar-refractivity contribution in [2.24, 2.45) is 0 Å². The fourth-order valence-corrected chi connectivity index (χ4v) is 4.08. The average molecular weight is 494 g/mol. The Hall–Kier alpha value is -4.98. The van der Waals surface area contributed by atoms with E-state index in [0.29, 0.717) is 22.4 Å². The number of carbonyl (C=O) groups excluding carboxylic acids is 3. The maximum atomic E-state index is 12.5. The van der Waals surface area contributed by atoms with E-state index in [1.165, 1.54) is 6.08 Å². The summed E-state index contributed by atoms with van der Waals surface area (Å²) in [6.07, 6.45) is 4.77. The Bertz CT molecular complexity index is 1450. The van der Waals surface area contributed by atoms with Gasteiger partial charge in [0.15, 0.2) is 0 Å². The van der Waals surface area contributed by atoms with Gasteiger partial charge in [-0.05, 0) is 54.6 Å². The number of benzene rings is 3. The second-order valence-corrected chi connectivity index (χ2v) is 8.25. The van der Waals surface area contributed by atoms with Gasteiger partial charge in [0.2, 0.25) is 0 Å². The predicted octanol–water partition coefficient (Wildman–Crippen LogP) is 4.40. The van der Waals surface area contributed by atoms with Gasteiger partial charge in [-0.3, -0.25) is 14.5 Å². The third-order valence-corrected chi connectivity index (χ3v) is 5.96. The number of methoxy groups -OCH3 is 1. The van der Waals surface area contributed by atoms with E-state index >= 15 is 0 Å². The van der Waals surface area contributed by atoms with E-state index in [2.05, 4.69) is 0 Å². The van der Waals surface area contributed by atoms with Crippen molar-refractivity contribution < 1.29 is 23.9 Å².